The fraction of sp³-hybridized carbons (Fsp3) is 0.292. The van der Waals surface area contributed by atoms with Crippen molar-refractivity contribution in [1.82, 2.24) is 29.6 Å². The van der Waals surface area contributed by atoms with Crippen LogP contribution in [0.25, 0.3) is 21.6 Å². The summed E-state index contributed by atoms with van der Waals surface area (Å²) < 4.78 is 30.6. The molecule has 5 heterocycles. The number of benzene rings is 1. The van der Waals surface area contributed by atoms with Crippen molar-refractivity contribution in [1.29, 1.82) is 0 Å². The summed E-state index contributed by atoms with van der Waals surface area (Å²) in [5.74, 6) is 1.97. The van der Waals surface area contributed by atoms with Crippen LogP contribution in [-0.2, 0) is 29.7 Å². The highest BCUT2D eigenvalue weighted by atomic mass is 32.2. The van der Waals surface area contributed by atoms with Gasteiger partial charge >= 0.3 is 0 Å². The van der Waals surface area contributed by atoms with Gasteiger partial charge in [0, 0.05) is 42.6 Å². The van der Waals surface area contributed by atoms with Crippen molar-refractivity contribution >= 4 is 49.3 Å². The van der Waals surface area contributed by atoms with Crippen LogP contribution in [0.1, 0.15) is 23.4 Å². The van der Waals surface area contributed by atoms with E-state index in [2.05, 4.69) is 29.6 Å². The van der Waals surface area contributed by atoms with E-state index in [-0.39, 0.29) is 0 Å². The highest BCUT2D eigenvalue weighted by molar-refractivity contribution is 7.94. The van der Waals surface area contributed by atoms with Crippen LogP contribution in [0.4, 0.5) is 5.69 Å². The first kappa shape index (κ1) is 23.3. The van der Waals surface area contributed by atoms with Gasteiger partial charge in [-0.2, -0.15) is 0 Å². The molecule has 0 fully saturated rings. The molecular weight excluding hydrogens is 515 g/mol. The van der Waals surface area contributed by atoms with E-state index in [9.17, 15) is 8.42 Å². The molecule has 0 atom stereocenters. The Hall–Kier alpha value is -3.06. The van der Waals surface area contributed by atoms with Crippen LogP contribution in [0.5, 0.6) is 0 Å². The van der Waals surface area contributed by atoms with Crippen molar-refractivity contribution in [2.24, 2.45) is 0 Å². The number of fused-ring (bicyclic) bond motifs is 2. The third-order valence-corrected chi connectivity index (χ3v) is 10.7. The van der Waals surface area contributed by atoms with Gasteiger partial charge in [0.2, 0.25) is 0 Å². The molecular formula is C24H25N7O2S3. The van der Waals surface area contributed by atoms with Crippen LogP contribution in [0.15, 0.2) is 52.2 Å². The molecule has 186 valence electrons. The minimum Gasteiger partial charge on any atom is -0.351 e. The first-order chi connectivity index (χ1) is 17.4. The van der Waals surface area contributed by atoms with Crippen molar-refractivity contribution in [3.05, 3.63) is 64.5 Å². The second-order valence-electron chi connectivity index (χ2n) is 8.68. The van der Waals surface area contributed by atoms with Crippen LogP contribution >= 0.6 is 22.7 Å². The number of aromatic amines is 1. The van der Waals surface area contributed by atoms with Crippen LogP contribution in [0.2, 0.25) is 0 Å². The van der Waals surface area contributed by atoms with E-state index < -0.39 is 10.0 Å². The zero-order chi connectivity index (χ0) is 24.9. The summed E-state index contributed by atoms with van der Waals surface area (Å²) in [6.45, 7) is 7.59. The van der Waals surface area contributed by atoms with Crippen molar-refractivity contribution in [2.45, 2.75) is 37.7 Å². The molecule has 0 spiro atoms. The smallest absolute Gasteiger partial charge is 0.273 e. The second kappa shape index (κ2) is 9.11. The minimum atomic E-state index is -3.64. The Morgan fingerprint density at radius 1 is 1.17 bits per heavy atom. The van der Waals surface area contributed by atoms with Gasteiger partial charge in [0.25, 0.3) is 10.0 Å². The van der Waals surface area contributed by atoms with E-state index in [1.54, 1.807) is 28.8 Å². The molecule has 0 unspecified atom stereocenters. The maximum absolute atomic E-state index is 13.3. The molecule has 1 aliphatic heterocycles. The van der Waals surface area contributed by atoms with Gasteiger partial charge < -0.3 is 9.55 Å². The summed E-state index contributed by atoms with van der Waals surface area (Å²) in [5.41, 5.74) is 2.31. The third-order valence-electron chi connectivity index (χ3n) is 6.41. The number of thiazole rings is 1. The summed E-state index contributed by atoms with van der Waals surface area (Å²) in [4.78, 5) is 11.7. The highest BCUT2D eigenvalue weighted by Crippen LogP contribution is 2.35. The molecule has 1 N–H and O–H groups in total. The Morgan fingerprint density at radius 2 is 2.06 bits per heavy atom. The van der Waals surface area contributed by atoms with Gasteiger partial charge in [-0.1, -0.05) is 18.2 Å². The van der Waals surface area contributed by atoms with Gasteiger partial charge in [-0.15, -0.1) is 32.9 Å². The van der Waals surface area contributed by atoms with Gasteiger partial charge in [0.05, 0.1) is 23.4 Å². The monoisotopic (exact) mass is 539 g/mol. The molecule has 0 amide bonds. The second-order valence-corrected chi connectivity index (χ2v) is 12.8. The average Bonchev–Trinajstić information content (AvgIpc) is 3.66. The highest BCUT2D eigenvalue weighted by Gasteiger charge is 2.27. The normalized spacial score (nSPS) is 14.4. The molecule has 9 nitrogen and oxygen atoms in total. The number of nitrogens with zero attached hydrogens (tertiary/aromatic N) is 6. The number of H-pyrrole nitrogens is 1. The van der Waals surface area contributed by atoms with E-state index >= 15 is 0 Å². The lowest BCUT2D eigenvalue weighted by Crippen LogP contribution is -2.33. The zero-order valence-electron chi connectivity index (χ0n) is 19.9. The van der Waals surface area contributed by atoms with Crippen LogP contribution in [0.3, 0.4) is 0 Å². The summed E-state index contributed by atoms with van der Waals surface area (Å²) in [5, 5.41) is 12.1. The molecule has 36 heavy (non-hydrogen) atoms. The Kier molecular flexibility index (Phi) is 5.91. The Bertz CT molecular complexity index is 1630. The number of rotatable bonds is 7. The Labute approximate surface area is 217 Å². The Balaban J connectivity index is 1.27. The fourth-order valence-corrected chi connectivity index (χ4v) is 8.18. The minimum absolute atomic E-state index is 0.332. The van der Waals surface area contributed by atoms with E-state index in [1.807, 2.05) is 44.3 Å². The topological polar surface area (TPSA) is 100 Å². The lowest BCUT2D eigenvalue weighted by atomic mass is 10.2. The first-order valence-corrected chi connectivity index (χ1v) is 14.8. The van der Waals surface area contributed by atoms with Gasteiger partial charge in [0.15, 0.2) is 0 Å². The standard InChI is InChI=1S/C24H25N7O2S3/c1-3-31(36(32,33)22-8-5-11-34-22)20-7-4-6-17-12-19(26-23(17)20)24-25-13-18(35-24)14-29-9-10-30-16(2)27-28-21(30)15-29/h4-8,11-13,26H,3,9-10,14-15H2,1-2H3. The quantitative estimate of drug-likeness (QED) is 0.327. The maximum Gasteiger partial charge on any atom is 0.273 e. The van der Waals surface area contributed by atoms with Gasteiger partial charge in [-0.05, 0) is 37.4 Å². The summed E-state index contributed by atoms with van der Waals surface area (Å²) in [6, 6.07) is 11.2. The average molecular weight is 540 g/mol. The van der Waals surface area contributed by atoms with Gasteiger partial charge in [-0.25, -0.2) is 13.4 Å². The fourth-order valence-electron chi connectivity index (χ4n) is 4.67. The van der Waals surface area contributed by atoms with Crippen LogP contribution < -0.4 is 4.31 Å². The number of aryl methyl sites for hydroxylation is 1. The van der Waals surface area contributed by atoms with E-state index in [0.717, 1.165) is 59.4 Å². The van der Waals surface area contributed by atoms with Crippen molar-refractivity contribution in [3.63, 3.8) is 0 Å². The molecule has 0 bridgehead atoms. The molecule has 5 aromatic rings. The summed E-state index contributed by atoms with van der Waals surface area (Å²) in [6.07, 6.45) is 1.93. The predicted molar refractivity (Wildman–Crippen MR) is 143 cm³/mol. The number of hydrogen-bond donors (Lipinski definition) is 1. The number of thiophene rings is 1. The van der Waals surface area contributed by atoms with Crippen LogP contribution in [0, 0.1) is 6.92 Å². The van der Waals surface area contributed by atoms with E-state index in [4.69, 9.17) is 0 Å². The summed E-state index contributed by atoms with van der Waals surface area (Å²) in [7, 11) is -3.64. The Morgan fingerprint density at radius 3 is 2.86 bits per heavy atom. The maximum atomic E-state index is 13.3. The largest absolute Gasteiger partial charge is 0.351 e. The number of aromatic nitrogens is 5. The van der Waals surface area contributed by atoms with E-state index in [1.165, 1.54) is 20.5 Å². The van der Waals surface area contributed by atoms with E-state index in [0.29, 0.717) is 16.4 Å². The molecule has 0 radical (unpaired) electrons. The SMILES string of the molecule is CCN(c1cccc2cc(-c3ncc(CN4CCn5c(C)nnc5C4)s3)[nH]c12)S(=O)(=O)c1cccs1. The molecule has 6 rings (SSSR count). The number of sulfonamides is 1. The molecule has 0 aliphatic carbocycles. The number of hydrogen-bond acceptors (Lipinski definition) is 8. The molecule has 12 heteroatoms. The van der Waals surface area contributed by atoms with Crippen molar-refractivity contribution < 1.29 is 8.42 Å². The summed E-state index contributed by atoms with van der Waals surface area (Å²) >= 11 is 2.88. The molecule has 1 aliphatic rings. The number of para-hydroxylation sites is 1. The van der Waals surface area contributed by atoms with Gasteiger partial charge in [0.1, 0.15) is 20.9 Å². The molecule has 0 saturated heterocycles. The lowest BCUT2D eigenvalue weighted by Gasteiger charge is -2.26. The van der Waals surface area contributed by atoms with Crippen molar-refractivity contribution in [3.8, 4) is 10.7 Å². The first-order valence-electron chi connectivity index (χ1n) is 11.7. The number of anilines is 1. The lowest BCUT2D eigenvalue weighted by molar-refractivity contribution is 0.209. The zero-order valence-corrected chi connectivity index (χ0v) is 22.3. The third kappa shape index (κ3) is 4.03. The van der Waals surface area contributed by atoms with Gasteiger partial charge in [-0.3, -0.25) is 9.21 Å². The molecule has 4 aromatic heterocycles. The molecule has 0 saturated carbocycles. The molecule has 1 aromatic carbocycles. The predicted octanol–water partition coefficient (Wildman–Crippen LogP) is 4.48. The van der Waals surface area contributed by atoms with Crippen molar-refractivity contribution in [2.75, 3.05) is 17.4 Å². The van der Waals surface area contributed by atoms with Crippen LogP contribution in [-0.4, -0.2) is 51.1 Å². The number of nitrogens with one attached hydrogen (secondary N) is 1.